The standard InChI is InChI=1S/C41H78O4/c1-2-3-4-5-6-7-8-9-10-11-12-13-14-15-16-20-23-26-29-32-35-38-41(44)45-39-36-33-30-27-24-21-18-17-19-22-25-28-31-34-37-40(42)43/h9-10H,2-8,11-39H2,1H3,(H,42,43). The third kappa shape index (κ3) is 40.7. The Labute approximate surface area is 281 Å². The fourth-order valence-electron chi connectivity index (χ4n) is 6.16. The second-order valence-electron chi connectivity index (χ2n) is 13.8. The second kappa shape index (κ2) is 38.9. The molecule has 1 N–H and O–H groups in total. The van der Waals surface area contributed by atoms with Crippen molar-refractivity contribution in [3.05, 3.63) is 12.2 Å². The fourth-order valence-corrected chi connectivity index (χ4v) is 6.16. The SMILES string of the molecule is CCCCCCCCC=CCCCCCCCCCCCCCC(=O)OCCCCCCCCCCCCCCCCC(=O)O. The predicted molar refractivity (Wildman–Crippen MR) is 195 cm³/mol. The molecule has 0 unspecified atom stereocenters. The summed E-state index contributed by atoms with van der Waals surface area (Å²) in [5.74, 6) is -0.664. The smallest absolute Gasteiger partial charge is 0.305 e. The van der Waals surface area contributed by atoms with Crippen LogP contribution in [0.4, 0.5) is 0 Å². The Balaban J connectivity index is 3.18. The van der Waals surface area contributed by atoms with Crippen molar-refractivity contribution < 1.29 is 19.4 Å². The molecule has 4 heteroatoms. The molecule has 0 aliphatic carbocycles. The minimum atomic E-state index is -0.668. The van der Waals surface area contributed by atoms with Gasteiger partial charge in [-0.1, -0.05) is 186 Å². The van der Waals surface area contributed by atoms with E-state index in [4.69, 9.17) is 9.84 Å². The maximum Gasteiger partial charge on any atom is 0.305 e. The normalized spacial score (nSPS) is 11.5. The van der Waals surface area contributed by atoms with Crippen LogP contribution in [0.3, 0.4) is 0 Å². The molecule has 0 aromatic rings. The van der Waals surface area contributed by atoms with E-state index in [9.17, 15) is 9.59 Å². The molecule has 45 heavy (non-hydrogen) atoms. The number of carboxylic acids is 1. The van der Waals surface area contributed by atoms with Gasteiger partial charge in [-0.3, -0.25) is 9.59 Å². The topological polar surface area (TPSA) is 63.6 Å². The minimum Gasteiger partial charge on any atom is -0.481 e. The number of allylic oxidation sites excluding steroid dienone is 2. The van der Waals surface area contributed by atoms with Crippen LogP contribution in [0, 0.1) is 0 Å². The summed E-state index contributed by atoms with van der Waals surface area (Å²) in [6.07, 6.45) is 48.1. The van der Waals surface area contributed by atoms with Gasteiger partial charge in [-0.25, -0.2) is 0 Å². The highest BCUT2D eigenvalue weighted by molar-refractivity contribution is 5.69. The molecule has 0 saturated carbocycles. The van der Waals surface area contributed by atoms with Gasteiger partial charge in [-0.15, -0.1) is 0 Å². The van der Waals surface area contributed by atoms with Gasteiger partial charge in [-0.05, 0) is 44.9 Å². The Bertz CT molecular complexity index is 629. The maximum absolute atomic E-state index is 12.0. The number of hydrogen-bond donors (Lipinski definition) is 1. The predicted octanol–water partition coefficient (Wildman–Crippen LogP) is 13.8. The summed E-state index contributed by atoms with van der Waals surface area (Å²) in [5.41, 5.74) is 0. The Morgan fingerprint density at radius 2 is 0.733 bits per heavy atom. The molecule has 0 heterocycles. The highest BCUT2D eigenvalue weighted by Crippen LogP contribution is 2.15. The first-order chi connectivity index (χ1) is 22.2. The van der Waals surface area contributed by atoms with Gasteiger partial charge in [0.2, 0.25) is 0 Å². The number of ether oxygens (including phenoxy) is 1. The van der Waals surface area contributed by atoms with Gasteiger partial charge < -0.3 is 9.84 Å². The molecule has 0 aromatic heterocycles. The molecule has 0 radical (unpaired) electrons. The summed E-state index contributed by atoms with van der Waals surface area (Å²) >= 11 is 0. The summed E-state index contributed by atoms with van der Waals surface area (Å²) < 4.78 is 5.44. The van der Waals surface area contributed by atoms with Gasteiger partial charge in [0.25, 0.3) is 0 Å². The molecule has 0 atom stereocenters. The summed E-state index contributed by atoms with van der Waals surface area (Å²) in [6, 6.07) is 0. The first-order valence-electron chi connectivity index (χ1n) is 20.2. The fraction of sp³-hybridized carbons (Fsp3) is 0.902. The molecule has 0 aliphatic rings. The van der Waals surface area contributed by atoms with E-state index in [0.717, 1.165) is 32.1 Å². The van der Waals surface area contributed by atoms with Crippen LogP contribution < -0.4 is 0 Å². The lowest BCUT2D eigenvalue weighted by molar-refractivity contribution is -0.144. The molecule has 0 aliphatic heterocycles. The minimum absolute atomic E-state index is 0.00329. The highest BCUT2D eigenvalue weighted by atomic mass is 16.5. The first kappa shape index (κ1) is 43.7. The Morgan fingerprint density at radius 1 is 0.422 bits per heavy atom. The quantitative estimate of drug-likeness (QED) is 0.0417. The van der Waals surface area contributed by atoms with Crippen molar-refractivity contribution in [2.45, 2.75) is 232 Å². The van der Waals surface area contributed by atoms with Gasteiger partial charge in [0.05, 0.1) is 6.61 Å². The molecule has 266 valence electrons. The molecular formula is C41H78O4. The van der Waals surface area contributed by atoms with Crippen LogP contribution in [0.25, 0.3) is 0 Å². The Kier molecular flexibility index (Phi) is 37.7. The molecule has 0 bridgehead atoms. The number of unbranched alkanes of at least 4 members (excludes halogenated alkanes) is 30. The van der Waals surface area contributed by atoms with Crippen LogP contribution in [-0.4, -0.2) is 23.7 Å². The van der Waals surface area contributed by atoms with Crippen molar-refractivity contribution in [1.82, 2.24) is 0 Å². The van der Waals surface area contributed by atoms with Gasteiger partial charge in [0.1, 0.15) is 0 Å². The molecular weight excluding hydrogens is 556 g/mol. The van der Waals surface area contributed by atoms with E-state index >= 15 is 0 Å². The molecule has 0 saturated heterocycles. The van der Waals surface area contributed by atoms with Crippen molar-refractivity contribution >= 4 is 11.9 Å². The molecule has 0 aromatic carbocycles. The van der Waals surface area contributed by atoms with Crippen molar-refractivity contribution in [2.24, 2.45) is 0 Å². The van der Waals surface area contributed by atoms with Crippen molar-refractivity contribution in [3.63, 3.8) is 0 Å². The Hall–Kier alpha value is -1.32. The lowest BCUT2D eigenvalue weighted by atomic mass is 10.0. The number of rotatable bonds is 38. The largest absolute Gasteiger partial charge is 0.481 e. The zero-order valence-corrected chi connectivity index (χ0v) is 30.3. The van der Waals surface area contributed by atoms with E-state index < -0.39 is 5.97 Å². The zero-order chi connectivity index (χ0) is 32.7. The van der Waals surface area contributed by atoms with E-state index in [0.29, 0.717) is 19.4 Å². The van der Waals surface area contributed by atoms with Crippen LogP contribution in [0.15, 0.2) is 12.2 Å². The third-order valence-electron chi connectivity index (χ3n) is 9.19. The summed E-state index contributed by atoms with van der Waals surface area (Å²) in [6.45, 7) is 2.89. The average molecular weight is 635 g/mol. The lowest BCUT2D eigenvalue weighted by Crippen LogP contribution is -2.05. The second-order valence-corrected chi connectivity index (χ2v) is 13.8. The first-order valence-corrected chi connectivity index (χ1v) is 20.2. The van der Waals surface area contributed by atoms with E-state index in [1.54, 1.807) is 0 Å². The zero-order valence-electron chi connectivity index (χ0n) is 30.3. The summed E-state index contributed by atoms with van der Waals surface area (Å²) in [5, 5.41) is 8.64. The highest BCUT2D eigenvalue weighted by Gasteiger charge is 2.03. The van der Waals surface area contributed by atoms with Crippen molar-refractivity contribution in [3.8, 4) is 0 Å². The van der Waals surface area contributed by atoms with Gasteiger partial charge in [0, 0.05) is 12.8 Å². The van der Waals surface area contributed by atoms with Crippen LogP contribution in [0.5, 0.6) is 0 Å². The van der Waals surface area contributed by atoms with Crippen molar-refractivity contribution in [2.75, 3.05) is 6.61 Å². The molecule has 0 fully saturated rings. The van der Waals surface area contributed by atoms with Gasteiger partial charge in [-0.2, -0.15) is 0 Å². The van der Waals surface area contributed by atoms with Gasteiger partial charge in [0.15, 0.2) is 0 Å². The third-order valence-corrected chi connectivity index (χ3v) is 9.19. The molecule has 0 rings (SSSR count). The number of carbonyl (C=O) groups is 2. The summed E-state index contributed by atoms with van der Waals surface area (Å²) in [4.78, 5) is 22.5. The van der Waals surface area contributed by atoms with E-state index in [1.807, 2.05) is 0 Å². The van der Waals surface area contributed by atoms with Crippen LogP contribution in [-0.2, 0) is 14.3 Å². The van der Waals surface area contributed by atoms with Gasteiger partial charge >= 0.3 is 11.9 Å². The number of carbonyl (C=O) groups excluding carboxylic acids is 1. The summed E-state index contributed by atoms with van der Waals surface area (Å²) in [7, 11) is 0. The van der Waals surface area contributed by atoms with E-state index in [2.05, 4.69) is 19.1 Å². The average Bonchev–Trinajstić information content (AvgIpc) is 3.03. The number of aliphatic carboxylic acids is 1. The monoisotopic (exact) mass is 635 g/mol. The van der Waals surface area contributed by atoms with Crippen molar-refractivity contribution in [1.29, 1.82) is 0 Å². The number of esters is 1. The van der Waals surface area contributed by atoms with Crippen LogP contribution in [0.2, 0.25) is 0 Å². The lowest BCUT2D eigenvalue weighted by Gasteiger charge is -2.06. The molecule has 0 amide bonds. The van der Waals surface area contributed by atoms with Crippen LogP contribution >= 0.6 is 0 Å². The molecule has 0 spiro atoms. The van der Waals surface area contributed by atoms with Crippen LogP contribution in [0.1, 0.15) is 232 Å². The molecule has 4 nitrogen and oxygen atoms in total. The van der Waals surface area contributed by atoms with E-state index in [-0.39, 0.29) is 5.97 Å². The number of hydrogen-bond acceptors (Lipinski definition) is 3. The number of carboxylic acid groups (broad SMARTS) is 1. The Morgan fingerprint density at radius 3 is 1.11 bits per heavy atom. The van der Waals surface area contributed by atoms with E-state index in [1.165, 1.54) is 180 Å². The maximum atomic E-state index is 12.0.